The topological polar surface area (TPSA) is 99.5 Å². The minimum Gasteiger partial charge on any atom is -0.477 e. The maximum Gasteiger partial charge on any atom is 0.423 e. The Balaban J connectivity index is 2.20. The van der Waals surface area contributed by atoms with E-state index in [4.69, 9.17) is 27.9 Å². The number of ether oxygens (including phenoxy) is 1. The van der Waals surface area contributed by atoms with Crippen molar-refractivity contribution in [3.05, 3.63) is 51.0 Å². The van der Waals surface area contributed by atoms with Crippen LogP contribution in [0.5, 0.6) is 5.88 Å². The molecule has 8 nitrogen and oxygen atoms in total. The van der Waals surface area contributed by atoms with Gasteiger partial charge in [-0.25, -0.2) is 4.79 Å². The zero-order chi connectivity index (χ0) is 23.6. The SMILES string of the molecule is CCCCNC(=O)OS(=O)(=O)C=Cc1cc(OCCCC)nn1Cc1ccc(Cl)cc1Cl. The zero-order valence-corrected chi connectivity index (χ0v) is 20.3. The third-order valence-corrected chi connectivity index (χ3v) is 5.71. The number of halogens is 2. The van der Waals surface area contributed by atoms with E-state index in [9.17, 15) is 13.2 Å². The summed E-state index contributed by atoms with van der Waals surface area (Å²) in [7, 11) is -4.25. The molecule has 1 aromatic heterocycles. The smallest absolute Gasteiger partial charge is 0.423 e. The van der Waals surface area contributed by atoms with E-state index in [0.29, 0.717) is 34.8 Å². The molecular weight excluding hydrogens is 477 g/mol. The van der Waals surface area contributed by atoms with Crippen LogP contribution in [0.3, 0.4) is 0 Å². The highest BCUT2D eigenvalue weighted by Crippen LogP contribution is 2.23. The summed E-state index contributed by atoms with van der Waals surface area (Å²) in [6, 6.07) is 6.69. The quantitative estimate of drug-likeness (QED) is 0.313. The van der Waals surface area contributed by atoms with Gasteiger partial charge in [-0.1, -0.05) is 56.0 Å². The molecule has 0 bridgehead atoms. The van der Waals surface area contributed by atoms with Gasteiger partial charge in [0.1, 0.15) is 0 Å². The Hall–Kier alpha value is -2.23. The number of carbonyl (C=O) groups is 1. The zero-order valence-electron chi connectivity index (χ0n) is 18.0. The highest BCUT2D eigenvalue weighted by molar-refractivity contribution is 7.90. The van der Waals surface area contributed by atoms with E-state index in [1.54, 1.807) is 28.9 Å². The van der Waals surface area contributed by atoms with Crippen molar-refractivity contribution in [3.63, 3.8) is 0 Å². The van der Waals surface area contributed by atoms with Crippen LogP contribution in [0, 0.1) is 0 Å². The summed E-state index contributed by atoms with van der Waals surface area (Å²) in [6.45, 7) is 5.07. The van der Waals surface area contributed by atoms with Crippen molar-refractivity contribution < 1.29 is 22.1 Å². The molecule has 11 heteroatoms. The molecule has 0 spiro atoms. The first-order valence-corrected chi connectivity index (χ1v) is 12.5. The van der Waals surface area contributed by atoms with E-state index < -0.39 is 16.2 Å². The van der Waals surface area contributed by atoms with Gasteiger partial charge in [-0.15, -0.1) is 5.10 Å². The number of rotatable bonds is 12. The molecule has 0 saturated carbocycles. The fourth-order valence-corrected chi connectivity index (χ4v) is 3.65. The summed E-state index contributed by atoms with van der Waals surface area (Å²) < 4.78 is 36.0. The second kappa shape index (κ2) is 12.7. The highest BCUT2D eigenvalue weighted by Gasteiger charge is 2.15. The lowest BCUT2D eigenvalue weighted by molar-refractivity contribution is 0.203. The number of unbranched alkanes of at least 4 members (excludes halogenated alkanes) is 2. The standard InChI is InChI=1S/C21H27Cl2N3O5S/c1-3-5-10-24-21(27)31-32(28,29)12-9-18-14-20(30-11-6-4-2)25-26(18)15-16-7-8-17(22)13-19(16)23/h7-9,12-14H,3-6,10-11,15H2,1-2H3,(H,24,27). The molecule has 0 aliphatic heterocycles. The summed E-state index contributed by atoms with van der Waals surface area (Å²) in [6.07, 6.45) is 3.67. The summed E-state index contributed by atoms with van der Waals surface area (Å²) >= 11 is 12.2. The molecule has 0 aliphatic rings. The Labute approximate surface area is 198 Å². The van der Waals surface area contributed by atoms with Crippen molar-refractivity contribution in [1.29, 1.82) is 0 Å². The number of carbonyl (C=O) groups excluding carboxylic acids is 1. The van der Waals surface area contributed by atoms with Gasteiger partial charge in [-0.3, -0.25) is 4.68 Å². The van der Waals surface area contributed by atoms with Crippen molar-refractivity contribution in [2.75, 3.05) is 13.2 Å². The first-order valence-electron chi connectivity index (χ1n) is 10.3. The summed E-state index contributed by atoms with van der Waals surface area (Å²) in [4.78, 5) is 11.7. The van der Waals surface area contributed by atoms with Crippen LogP contribution in [0.4, 0.5) is 4.79 Å². The lowest BCUT2D eigenvalue weighted by atomic mass is 10.2. The molecule has 0 atom stereocenters. The van der Waals surface area contributed by atoms with Gasteiger partial charge in [0.2, 0.25) is 5.88 Å². The van der Waals surface area contributed by atoms with Crippen LogP contribution in [0.15, 0.2) is 29.7 Å². The van der Waals surface area contributed by atoms with Crippen LogP contribution < -0.4 is 10.1 Å². The van der Waals surface area contributed by atoms with E-state index in [1.807, 2.05) is 13.8 Å². The van der Waals surface area contributed by atoms with Gasteiger partial charge in [0.05, 0.1) is 24.3 Å². The van der Waals surface area contributed by atoms with E-state index in [2.05, 4.69) is 14.6 Å². The first-order chi connectivity index (χ1) is 15.2. The molecule has 0 saturated heterocycles. The minimum absolute atomic E-state index is 0.255. The monoisotopic (exact) mass is 503 g/mol. The molecule has 1 heterocycles. The maximum atomic E-state index is 12.2. The highest BCUT2D eigenvalue weighted by atomic mass is 35.5. The fraction of sp³-hybridized carbons (Fsp3) is 0.429. The normalized spacial score (nSPS) is 11.6. The summed E-state index contributed by atoms with van der Waals surface area (Å²) in [5, 5.41) is 8.54. The van der Waals surface area contributed by atoms with Crippen LogP contribution in [0.2, 0.25) is 10.0 Å². The van der Waals surface area contributed by atoms with Gasteiger partial charge >= 0.3 is 16.2 Å². The average molecular weight is 504 g/mol. The lowest BCUT2D eigenvalue weighted by Crippen LogP contribution is -2.27. The second-order valence-electron chi connectivity index (χ2n) is 6.95. The van der Waals surface area contributed by atoms with Gasteiger partial charge in [0.25, 0.3) is 0 Å². The molecule has 1 amide bonds. The number of amides is 1. The van der Waals surface area contributed by atoms with Gasteiger partial charge < -0.3 is 14.2 Å². The third kappa shape index (κ3) is 8.72. The Bertz CT molecular complexity index is 1040. The van der Waals surface area contributed by atoms with Crippen molar-refractivity contribution in [2.45, 2.75) is 46.1 Å². The predicted molar refractivity (Wildman–Crippen MR) is 126 cm³/mol. The number of hydrogen-bond donors (Lipinski definition) is 1. The first kappa shape index (κ1) is 26.0. The van der Waals surface area contributed by atoms with E-state index >= 15 is 0 Å². The van der Waals surface area contributed by atoms with Crippen molar-refractivity contribution >= 4 is 45.5 Å². The van der Waals surface area contributed by atoms with E-state index in [-0.39, 0.29) is 6.54 Å². The number of hydrogen-bond acceptors (Lipinski definition) is 6. The number of benzene rings is 1. The molecule has 2 aromatic rings. The fourth-order valence-electron chi connectivity index (χ4n) is 2.55. The van der Waals surface area contributed by atoms with E-state index in [0.717, 1.165) is 36.7 Å². The lowest BCUT2D eigenvalue weighted by Gasteiger charge is -2.07. The molecule has 32 heavy (non-hydrogen) atoms. The molecule has 1 N–H and O–H groups in total. The van der Waals surface area contributed by atoms with Crippen LogP contribution in [-0.2, 0) is 20.8 Å². The number of aromatic nitrogens is 2. The summed E-state index contributed by atoms with van der Waals surface area (Å²) in [5.41, 5.74) is 1.17. The Morgan fingerprint density at radius 3 is 2.62 bits per heavy atom. The van der Waals surface area contributed by atoms with Crippen LogP contribution in [0.25, 0.3) is 6.08 Å². The minimum atomic E-state index is -4.25. The number of nitrogens with one attached hydrogen (secondary N) is 1. The Morgan fingerprint density at radius 1 is 1.19 bits per heavy atom. The van der Waals surface area contributed by atoms with Gasteiger partial charge in [-0.2, -0.15) is 8.42 Å². The second-order valence-corrected chi connectivity index (χ2v) is 9.22. The molecule has 0 fully saturated rings. The molecule has 0 radical (unpaired) electrons. The van der Waals surface area contributed by atoms with Gasteiger partial charge in [-0.05, 0) is 36.6 Å². The largest absolute Gasteiger partial charge is 0.477 e. The van der Waals surface area contributed by atoms with Crippen LogP contribution in [-0.4, -0.2) is 37.4 Å². The van der Waals surface area contributed by atoms with Crippen LogP contribution in [0.1, 0.15) is 50.8 Å². The molecule has 0 unspecified atom stereocenters. The Kier molecular flexibility index (Phi) is 10.3. The maximum absolute atomic E-state index is 12.2. The molecule has 1 aromatic carbocycles. The van der Waals surface area contributed by atoms with Crippen LogP contribution >= 0.6 is 23.2 Å². The molecule has 176 valence electrons. The van der Waals surface area contributed by atoms with Gasteiger partial charge in [0, 0.05) is 22.7 Å². The van der Waals surface area contributed by atoms with Crippen molar-refractivity contribution in [2.24, 2.45) is 0 Å². The summed E-state index contributed by atoms with van der Waals surface area (Å²) in [5.74, 6) is 0.346. The Morgan fingerprint density at radius 2 is 1.94 bits per heavy atom. The molecular formula is C21H27Cl2N3O5S. The third-order valence-electron chi connectivity index (χ3n) is 4.27. The number of nitrogens with zero attached hydrogens (tertiary/aromatic N) is 2. The predicted octanol–water partition coefficient (Wildman–Crippen LogP) is 5.24. The van der Waals surface area contributed by atoms with Gasteiger partial charge in [0.15, 0.2) is 0 Å². The molecule has 2 rings (SSSR count). The van der Waals surface area contributed by atoms with Crippen molar-refractivity contribution in [3.8, 4) is 5.88 Å². The molecule has 0 aliphatic carbocycles. The van der Waals surface area contributed by atoms with Crippen molar-refractivity contribution in [1.82, 2.24) is 15.1 Å². The van der Waals surface area contributed by atoms with E-state index in [1.165, 1.54) is 6.08 Å². The average Bonchev–Trinajstić information content (AvgIpc) is 3.10.